The molecule has 1 amide bonds. The first-order valence-corrected chi connectivity index (χ1v) is 8.24. The van der Waals surface area contributed by atoms with Crippen molar-refractivity contribution < 1.29 is 17.6 Å². The van der Waals surface area contributed by atoms with Crippen LogP contribution < -0.4 is 5.32 Å². The molecule has 0 radical (unpaired) electrons. The lowest BCUT2D eigenvalue weighted by Crippen LogP contribution is -2.39. The fourth-order valence-electron chi connectivity index (χ4n) is 2.00. The molecule has 5 nitrogen and oxygen atoms in total. The van der Waals surface area contributed by atoms with Crippen molar-refractivity contribution in [3.63, 3.8) is 0 Å². The molecule has 1 aliphatic rings. The molecule has 2 rings (SSSR count). The SMILES string of the molecule is CS(=O)(=O)N(CCNC(=O)c1ccccc1F)C1CC1. The molecule has 1 aromatic carbocycles. The van der Waals surface area contributed by atoms with Gasteiger partial charge in [-0.15, -0.1) is 0 Å². The van der Waals surface area contributed by atoms with Crippen molar-refractivity contribution in [2.45, 2.75) is 18.9 Å². The van der Waals surface area contributed by atoms with E-state index < -0.39 is 21.7 Å². The second kappa shape index (κ2) is 5.88. The third kappa shape index (κ3) is 3.77. The summed E-state index contributed by atoms with van der Waals surface area (Å²) >= 11 is 0. The third-order valence-corrected chi connectivity index (χ3v) is 4.45. The van der Waals surface area contributed by atoms with Crippen molar-refractivity contribution >= 4 is 15.9 Å². The number of benzene rings is 1. The highest BCUT2D eigenvalue weighted by Crippen LogP contribution is 2.28. The fraction of sp³-hybridized carbons (Fsp3) is 0.462. The van der Waals surface area contributed by atoms with Gasteiger partial charge in [-0.2, -0.15) is 4.31 Å². The Morgan fingerprint density at radius 2 is 2.05 bits per heavy atom. The van der Waals surface area contributed by atoms with Gasteiger partial charge in [-0.05, 0) is 25.0 Å². The zero-order chi connectivity index (χ0) is 14.8. The second-order valence-electron chi connectivity index (χ2n) is 4.84. The molecule has 1 N–H and O–H groups in total. The van der Waals surface area contributed by atoms with Gasteiger partial charge in [0.1, 0.15) is 5.82 Å². The van der Waals surface area contributed by atoms with Gasteiger partial charge < -0.3 is 5.32 Å². The second-order valence-corrected chi connectivity index (χ2v) is 6.78. The summed E-state index contributed by atoms with van der Waals surface area (Å²) < 4.78 is 37.9. The molecule has 0 spiro atoms. The molecular formula is C13H17FN2O3S. The summed E-state index contributed by atoms with van der Waals surface area (Å²) in [4.78, 5) is 11.8. The Morgan fingerprint density at radius 1 is 1.40 bits per heavy atom. The molecule has 1 aliphatic carbocycles. The number of amides is 1. The molecule has 20 heavy (non-hydrogen) atoms. The number of rotatable bonds is 6. The maximum atomic E-state index is 13.4. The predicted octanol–water partition coefficient (Wildman–Crippen LogP) is 0.979. The van der Waals surface area contributed by atoms with E-state index in [0.29, 0.717) is 0 Å². The maximum Gasteiger partial charge on any atom is 0.254 e. The van der Waals surface area contributed by atoms with E-state index in [0.717, 1.165) is 19.1 Å². The van der Waals surface area contributed by atoms with Crippen LogP contribution in [0.2, 0.25) is 0 Å². The van der Waals surface area contributed by atoms with Gasteiger partial charge in [0.15, 0.2) is 0 Å². The average Bonchev–Trinajstić information content (AvgIpc) is 3.17. The van der Waals surface area contributed by atoms with Crippen LogP contribution in [0.4, 0.5) is 4.39 Å². The average molecular weight is 300 g/mol. The van der Waals surface area contributed by atoms with Crippen LogP contribution in [-0.4, -0.2) is 44.0 Å². The van der Waals surface area contributed by atoms with Crippen LogP contribution >= 0.6 is 0 Å². The molecule has 0 heterocycles. The third-order valence-electron chi connectivity index (χ3n) is 3.12. The van der Waals surface area contributed by atoms with Crippen LogP contribution in [0.15, 0.2) is 24.3 Å². The highest BCUT2D eigenvalue weighted by Gasteiger charge is 2.34. The van der Waals surface area contributed by atoms with Gasteiger partial charge in [0, 0.05) is 19.1 Å². The molecule has 1 saturated carbocycles. The summed E-state index contributed by atoms with van der Waals surface area (Å²) in [5, 5.41) is 2.54. The highest BCUT2D eigenvalue weighted by molar-refractivity contribution is 7.88. The Labute approximate surface area is 117 Å². The standard InChI is InChI=1S/C13H17FN2O3S/c1-20(18,19)16(10-6-7-10)9-8-15-13(17)11-4-2-3-5-12(11)14/h2-5,10H,6-9H2,1H3,(H,15,17). The Balaban J connectivity index is 1.89. The van der Waals surface area contributed by atoms with E-state index in [4.69, 9.17) is 0 Å². The first-order chi connectivity index (χ1) is 9.39. The summed E-state index contributed by atoms with van der Waals surface area (Å²) in [6, 6.07) is 5.73. The molecule has 0 aliphatic heterocycles. The van der Waals surface area contributed by atoms with Crippen LogP contribution in [0.25, 0.3) is 0 Å². The summed E-state index contributed by atoms with van der Waals surface area (Å²) in [5.41, 5.74) is -0.0372. The molecule has 1 aromatic rings. The lowest BCUT2D eigenvalue weighted by molar-refractivity contribution is 0.0947. The molecular weight excluding hydrogens is 283 g/mol. The number of halogens is 1. The topological polar surface area (TPSA) is 66.5 Å². The highest BCUT2D eigenvalue weighted by atomic mass is 32.2. The lowest BCUT2D eigenvalue weighted by Gasteiger charge is -2.19. The number of carbonyl (C=O) groups excluding carboxylic acids is 1. The zero-order valence-corrected chi connectivity index (χ0v) is 12.0. The summed E-state index contributed by atoms with van der Waals surface area (Å²) in [6.45, 7) is 0.375. The van der Waals surface area contributed by atoms with E-state index in [9.17, 15) is 17.6 Å². The van der Waals surface area contributed by atoms with Gasteiger partial charge in [0.25, 0.3) is 5.91 Å². The molecule has 0 atom stereocenters. The van der Waals surface area contributed by atoms with Crippen molar-refractivity contribution in [3.05, 3.63) is 35.6 Å². The van der Waals surface area contributed by atoms with E-state index >= 15 is 0 Å². The number of nitrogens with one attached hydrogen (secondary N) is 1. The van der Waals surface area contributed by atoms with Crippen molar-refractivity contribution in [2.24, 2.45) is 0 Å². The van der Waals surface area contributed by atoms with Crippen LogP contribution in [0.5, 0.6) is 0 Å². The summed E-state index contributed by atoms with van der Waals surface area (Å²) in [5.74, 6) is -1.13. The maximum absolute atomic E-state index is 13.4. The van der Waals surface area contributed by atoms with E-state index in [-0.39, 0.29) is 24.7 Å². The van der Waals surface area contributed by atoms with E-state index in [1.54, 1.807) is 6.07 Å². The number of hydrogen-bond donors (Lipinski definition) is 1. The first-order valence-electron chi connectivity index (χ1n) is 6.39. The van der Waals surface area contributed by atoms with Gasteiger partial charge >= 0.3 is 0 Å². The molecule has 0 bridgehead atoms. The van der Waals surface area contributed by atoms with Crippen LogP contribution in [0, 0.1) is 5.82 Å². The van der Waals surface area contributed by atoms with Gasteiger partial charge in [-0.3, -0.25) is 4.79 Å². The largest absolute Gasteiger partial charge is 0.351 e. The van der Waals surface area contributed by atoms with E-state index in [1.165, 1.54) is 22.5 Å². The lowest BCUT2D eigenvalue weighted by atomic mass is 10.2. The monoisotopic (exact) mass is 300 g/mol. The van der Waals surface area contributed by atoms with Gasteiger partial charge in [0.05, 0.1) is 11.8 Å². The van der Waals surface area contributed by atoms with Crippen LogP contribution in [0.1, 0.15) is 23.2 Å². The molecule has 1 fully saturated rings. The Bertz CT molecular complexity index is 599. The minimum atomic E-state index is -3.26. The van der Waals surface area contributed by atoms with Crippen molar-refractivity contribution in [1.82, 2.24) is 9.62 Å². The van der Waals surface area contributed by atoms with Crippen molar-refractivity contribution in [3.8, 4) is 0 Å². The van der Waals surface area contributed by atoms with Crippen LogP contribution in [0.3, 0.4) is 0 Å². The molecule has 0 unspecified atom stereocenters. The number of carbonyl (C=O) groups is 1. The number of sulfonamides is 1. The number of hydrogen-bond acceptors (Lipinski definition) is 3. The zero-order valence-electron chi connectivity index (χ0n) is 11.2. The van der Waals surface area contributed by atoms with E-state index in [1.807, 2.05) is 0 Å². The predicted molar refractivity (Wildman–Crippen MR) is 73.3 cm³/mol. The Morgan fingerprint density at radius 3 is 2.60 bits per heavy atom. The first kappa shape index (κ1) is 14.9. The van der Waals surface area contributed by atoms with Gasteiger partial charge in [0.2, 0.25) is 10.0 Å². The van der Waals surface area contributed by atoms with Gasteiger partial charge in [-0.25, -0.2) is 12.8 Å². The minimum absolute atomic E-state index is 0.0372. The smallest absolute Gasteiger partial charge is 0.254 e. The van der Waals surface area contributed by atoms with Crippen molar-refractivity contribution in [2.75, 3.05) is 19.3 Å². The molecule has 110 valence electrons. The molecule has 7 heteroatoms. The molecule has 0 aromatic heterocycles. The normalized spacial score (nSPS) is 15.3. The number of nitrogens with zero attached hydrogens (tertiary/aromatic N) is 1. The minimum Gasteiger partial charge on any atom is -0.351 e. The quantitative estimate of drug-likeness (QED) is 0.851. The summed E-state index contributed by atoms with van der Waals surface area (Å²) in [6.07, 6.45) is 2.87. The van der Waals surface area contributed by atoms with Crippen LogP contribution in [-0.2, 0) is 10.0 Å². The van der Waals surface area contributed by atoms with Gasteiger partial charge in [-0.1, -0.05) is 12.1 Å². The Hall–Kier alpha value is -1.47. The summed E-state index contributed by atoms with van der Waals surface area (Å²) in [7, 11) is -3.26. The molecule has 0 saturated heterocycles. The Kier molecular flexibility index (Phi) is 4.39. The van der Waals surface area contributed by atoms with Crippen molar-refractivity contribution in [1.29, 1.82) is 0 Å². The van der Waals surface area contributed by atoms with E-state index in [2.05, 4.69) is 5.32 Å². The fourth-order valence-corrected chi connectivity index (χ4v) is 3.18.